The van der Waals surface area contributed by atoms with Crippen LogP contribution >= 0.6 is 0 Å². The van der Waals surface area contributed by atoms with Gasteiger partial charge in [0.1, 0.15) is 25.1 Å². The van der Waals surface area contributed by atoms with E-state index < -0.39 is 5.97 Å². The van der Waals surface area contributed by atoms with Gasteiger partial charge >= 0.3 is 5.97 Å². The van der Waals surface area contributed by atoms with Gasteiger partial charge in [-0.1, -0.05) is 15.5 Å². The Balaban J connectivity index is 3.10. The van der Waals surface area contributed by atoms with Crippen LogP contribution in [0.3, 0.4) is 0 Å². The molecule has 0 bridgehead atoms. The van der Waals surface area contributed by atoms with Crippen molar-refractivity contribution in [2.75, 3.05) is 20.8 Å². The molecule has 0 amide bonds. The first-order valence-corrected chi connectivity index (χ1v) is 7.08. The summed E-state index contributed by atoms with van der Waals surface area (Å²) in [7, 11) is 2.55. The summed E-state index contributed by atoms with van der Waals surface area (Å²) in [6.45, 7) is 5.70. The third-order valence-corrected chi connectivity index (χ3v) is 2.71. The van der Waals surface area contributed by atoms with E-state index in [0.717, 1.165) is 0 Å². The molecule has 0 radical (unpaired) electrons. The highest BCUT2D eigenvalue weighted by Gasteiger charge is 2.21. The van der Waals surface area contributed by atoms with Crippen molar-refractivity contribution in [2.24, 2.45) is 15.5 Å². The van der Waals surface area contributed by atoms with Gasteiger partial charge in [-0.25, -0.2) is 9.78 Å². The number of esters is 1. The van der Waals surface area contributed by atoms with Gasteiger partial charge in [0.05, 0.1) is 12.7 Å². The van der Waals surface area contributed by atoms with Crippen molar-refractivity contribution in [1.82, 2.24) is 4.98 Å². The van der Waals surface area contributed by atoms with E-state index in [1.807, 2.05) is 6.92 Å². The van der Waals surface area contributed by atoms with E-state index in [4.69, 9.17) is 9.68 Å². The van der Waals surface area contributed by atoms with Crippen molar-refractivity contribution in [1.29, 1.82) is 0 Å². The van der Waals surface area contributed by atoms with Gasteiger partial charge in [-0.2, -0.15) is 0 Å². The van der Waals surface area contributed by atoms with Crippen molar-refractivity contribution in [2.45, 2.75) is 20.8 Å². The first-order chi connectivity index (χ1) is 11.5. The molecule has 1 aromatic rings. The number of ether oxygens (including phenoxy) is 1. The van der Waals surface area contributed by atoms with Gasteiger partial charge in [0, 0.05) is 6.20 Å². The second-order valence-electron chi connectivity index (χ2n) is 4.33. The van der Waals surface area contributed by atoms with Gasteiger partial charge in [0.2, 0.25) is 0 Å². The summed E-state index contributed by atoms with van der Waals surface area (Å²) in [5, 5.41) is 11.4. The number of oxime groups is 3. The molecule has 0 aliphatic rings. The number of carbonyl (C=O) groups excluding carboxylic acids is 1. The van der Waals surface area contributed by atoms with Crippen molar-refractivity contribution < 1.29 is 24.0 Å². The van der Waals surface area contributed by atoms with Gasteiger partial charge in [-0.05, 0) is 32.9 Å². The Hall–Kier alpha value is -2.97. The van der Waals surface area contributed by atoms with E-state index in [1.54, 1.807) is 26.0 Å². The fourth-order valence-corrected chi connectivity index (χ4v) is 1.43. The Morgan fingerprint density at radius 3 is 2.50 bits per heavy atom. The predicted octanol–water partition coefficient (Wildman–Crippen LogP) is 1.77. The second kappa shape index (κ2) is 9.93. The van der Waals surface area contributed by atoms with Crippen LogP contribution in [-0.4, -0.2) is 48.9 Å². The Labute approximate surface area is 139 Å². The van der Waals surface area contributed by atoms with Crippen LogP contribution in [0, 0.1) is 0 Å². The normalized spacial score (nSPS) is 12.6. The molecule has 0 saturated heterocycles. The molecular formula is C15H20N4O5. The molecule has 0 fully saturated rings. The lowest BCUT2D eigenvalue weighted by Gasteiger charge is -2.07. The maximum absolute atomic E-state index is 11.8. The smallest absolute Gasteiger partial charge is 0.360 e. The minimum atomic E-state index is -0.690. The van der Waals surface area contributed by atoms with Crippen LogP contribution in [0.1, 0.15) is 26.3 Å². The Bertz CT molecular complexity index is 655. The van der Waals surface area contributed by atoms with Crippen molar-refractivity contribution in [3.8, 4) is 5.88 Å². The zero-order valence-electron chi connectivity index (χ0n) is 14.3. The quantitative estimate of drug-likeness (QED) is 0.407. The van der Waals surface area contributed by atoms with Gasteiger partial charge in [-0.15, -0.1) is 0 Å². The van der Waals surface area contributed by atoms with Gasteiger partial charge < -0.3 is 19.2 Å². The monoisotopic (exact) mass is 336 g/mol. The van der Waals surface area contributed by atoms with Crippen LogP contribution in [0.25, 0.3) is 0 Å². The van der Waals surface area contributed by atoms with Crippen LogP contribution in [0.15, 0.2) is 33.8 Å². The van der Waals surface area contributed by atoms with E-state index in [0.29, 0.717) is 18.0 Å². The van der Waals surface area contributed by atoms with Crippen LogP contribution in [0.4, 0.5) is 0 Å². The molecule has 24 heavy (non-hydrogen) atoms. The molecule has 0 unspecified atom stereocenters. The Kier molecular flexibility index (Phi) is 7.89. The number of hydrogen-bond acceptors (Lipinski definition) is 9. The fraction of sp³-hybridized carbons (Fsp3) is 0.400. The molecule has 9 nitrogen and oxygen atoms in total. The maximum Gasteiger partial charge on any atom is 0.360 e. The minimum Gasteiger partial charge on any atom is -0.464 e. The first kappa shape index (κ1) is 19.1. The van der Waals surface area contributed by atoms with Gasteiger partial charge in [0.15, 0.2) is 5.71 Å². The van der Waals surface area contributed by atoms with E-state index in [1.165, 1.54) is 20.4 Å². The SMILES string of the molecule is CCO/N=C(C)/C(C)=N/Oc1ncccc1/C(=N\OC)C(=O)OC. The molecule has 0 spiro atoms. The molecule has 9 heteroatoms. The minimum absolute atomic E-state index is 0.0715. The Morgan fingerprint density at radius 1 is 1.17 bits per heavy atom. The maximum atomic E-state index is 11.8. The van der Waals surface area contributed by atoms with E-state index in [9.17, 15) is 4.79 Å². The highest BCUT2D eigenvalue weighted by atomic mass is 16.6. The lowest BCUT2D eigenvalue weighted by molar-refractivity contribution is -0.132. The summed E-state index contributed by atoms with van der Waals surface area (Å²) in [6, 6.07) is 3.21. The number of pyridine rings is 1. The summed E-state index contributed by atoms with van der Waals surface area (Å²) in [4.78, 5) is 30.8. The molecule has 0 aliphatic carbocycles. The van der Waals surface area contributed by atoms with Gasteiger partial charge in [-0.3, -0.25) is 0 Å². The van der Waals surface area contributed by atoms with Gasteiger partial charge in [0.25, 0.3) is 5.88 Å². The summed E-state index contributed by atoms with van der Waals surface area (Å²) in [5.74, 6) is -0.619. The lowest BCUT2D eigenvalue weighted by Crippen LogP contribution is -2.19. The Morgan fingerprint density at radius 2 is 1.88 bits per heavy atom. The number of rotatable bonds is 8. The predicted molar refractivity (Wildman–Crippen MR) is 88.3 cm³/mol. The number of hydrogen-bond donors (Lipinski definition) is 0. The van der Waals surface area contributed by atoms with E-state index in [2.05, 4.69) is 30.0 Å². The zero-order valence-corrected chi connectivity index (χ0v) is 14.3. The topological polar surface area (TPSA) is 104 Å². The van der Waals surface area contributed by atoms with Crippen LogP contribution in [0.2, 0.25) is 0 Å². The average molecular weight is 336 g/mol. The summed E-state index contributed by atoms with van der Waals surface area (Å²) in [5.41, 5.74) is 1.23. The van der Waals surface area contributed by atoms with Crippen LogP contribution in [0.5, 0.6) is 5.88 Å². The number of methoxy groups -OCH3 is 1. The molecule has 0 aromatic carbocycles. The summed E-state index contributed by atoms with van der Waals surface area (Å²) >= 11 is 0. The average Bonchev–Trinajstić information content (AvgIpc) is 2.61. The number of nitrogens with zero attached hydrogens (tertiary/aromatic N) is 4. The third-order valence-electron chi connectivity index (χ3n) is 2.71. The van der Waals surface area contributed by atoms with Crippen LogP contribution in [-0.2, 0) is 19.2 Å². The van der Waals surface area contributed by atoms with Crippen molar-refractivity contribution in [3.05, 3.63) is 23.9 Å². The van der Waals surface area contributed by atoms with Crippen LogP contribution < -0.4 is 4.84 Å². The highest BCUT2D eigenvalue weighted by molar-refractivity contribution is 6.43. The van der Waals surface area contributed by atoms with E-state index >= 15 is 0 Å². The molecule has 1 rings (SSSR count). The molecule has 0 saturated carbocycles. The fourth-order valence-electron chi connectivity index (χ4n) is 1.43. The molecular weight excluding hydrogens is 316 g/mol. The third kappa shape index (κ3) is 5.34. The highest BCUT2D eigenvalue weighted by Crippen LogP contribution is 2.17. The lowest BCUT2D eigenvalue weighted by atomic mass is 10.1. The largest absolute Gasteiger partial charge is 0.464 e. The first-order valence-electron chi connectivity index (χ1n) is 7.08. The van der Waals surface area contributed by atoms with Crippen molar-refractivity contribution in [3.63, 3.8) is 0 Å². The zero-order chi connectivity index (χ0) is 17.9. The second-order valence-corrected chi connectivity index (χ2v) is 4.33. The number of carbonyl (C=O) groups is 1. The molecule has 0 atom stereocenters. The molecule has 1 heterocycles. The van der Waals surface area contributed by atoms with E-state index in [-0.39, 0.29) is 17.2 Å². The molecule has 130 valence electrons. The summed E-state index contributed by atoms with van der Waals surface area (Å²) < 4.78 is 4.68. The molecule has 0 aliphatic heterocycles. The summed E-state index contributed by atoms with van der Waals surface area (Å²) in [6.07, 6.45) is 1.49. The number of aromatic nitrogens is 1. The molecule has 1 aromatic heterocycles. The van der Waals surface area contributed by atoms with Crippen molar-refractivity contribution >= 4 is 23.1 Å². The molecule has 0 N–H and O–H groups in total. The standard InChI is InChI=1S/C15H20N4O5/c1-6-23-17-10(2)11(3)18-24-14-12(8-7-9-16-14)13(19-22-5)15(20)21-4/h7-9H,6H2,1-5H3/b17-10+,18-11+,19-13+.